The van der Waals surface area contributed by atoms with E-state index in [1.54, 1.807) is 6.20 Å². The highest BCUT2D eigenvalue weighted by Gasteiger charge is 1.99. The van der Waals surface area contributed by atoms with Gasteiger partial charge in [0, 0.05) is 11.9 Å². The van der Waals surface area contributed by atoms with Crippen LogP contribution >= 0.6 is 0 Å². The van der Waals surface area contributed by atoms with Crippen molar-refractivity contribution in [1.29, 1.82) is 0 Å². The Morgan fingerprint density at radius 2 is 1.77 bits per heavy atom. The molecular formula is C19H22N2O. The Labute approximate surface area is 132 Å². The first-order chi connectivity index (χ1) is 10.8. The summed E-state index contributed by atoms with van der Waals surface area (Å²) in [5, 5.41) is 5.51. The first-order valence-electron chi connectivity index (χ1n) is 7.66. The molecule has 0 unspecified atom stereocenters. The minimum Gasteiger partial charge on any atom is -0.314 e. The lowest BCUT2D eigenvalue weighted by atomic mass is 10.1. The Balaban J connectivity index is 1.80. The van der Waals surface area contributed by atoms with Crippen molar-refractivity contribution in [3.63, 3.8) is 0 Å². The Morgan fingerprint density at radius 3 is 2.45 bits per heavy atom. The van der Waals surface area contributed by atoms with Gasteiger partial charge < -0.3 is 10.6 Å². The smallest absolute Gasteiger partial charge is 0.314 e. The highest BCUT2D eigenvalue weighted by atomic mass is 16.2. The molecular weight excluding hydrogens is 272 g/mol. The summed E-state index contributed by atoms with van der Waals surface area (Å²) < 4.78 is 0. The number of unbranched alkanes of at least 4 members (excludes halogenated alkanes) is 1. The van der Waals surface area contributed by atoms with E-state index in [0.717, 1.165) is 17.7 Å². The lowest BCUT2D eigenvalue weighted by Gasteiger charge is -2.06. The number of hydrogen-bond acceptors (Lipinski definition) is 1. The Morgan fingerprint density at radius 1 is 1.05 bits per heavy atom. The van der Waals surface area contributed by atoms with Crippen LogP contribution in [0.5, 0.6) is 0 Å². The molecule has 2 amide bonds. The molecule has 22 heavy (non-hydrogen) atoms. The van der Waals surface area contributed by atoms with E-state index in [-0.39, 0.29) is 6.03 Å². The van der Waals surface area contributed by atoms with Crippen molar-refractivity contribution < 1.29 is 4.79 Å². The summed E-state index contributed by atoms with van der Waals surface area (Å²) in [6, 6.07) is 17.6. The molecule has 0 aliphatic rings. The largest absolute Gasteiger partial charge is 0.323 e. The average Bonchev–Trinajstić information content (AvgIpc) is 2.55. The third-order valence-electron chi connectivity index (χ3n) is 3.32. The zero-order chi connectivity index (χ0) is 15.6. The molecule has 0 radical (unpaired) electrons. The van der Waals surface area contributed by atoms with Gasteiger partial charge in [0.2, 0.25) is 0 Å². The first-order valence-corrected chi connectivity index (χ1v) is 7.66. The lowest BCUT2D eigenvalue weighted by Crippen LogP contribution is -2.23. The molecule has 0 atom stereocenters. The lowest BCUT2D eigenvalue weighted by molar-refractivity contribution is 0.255. The van der Waals surface area contributed by atoms with Crippen LogP contribution in [0.1, 0.15) is 30.9 Å². The van der Waals surface area contributed by atoms with E-state index < -0.39 is 0 Å². The van der Waals surface area contributed by atoms with Gasteiger partial charge in [-0.25, -0.2) is 4.79 Å². The average molecular weight is 294 g/mol. The molecule has 0 aliphatic heterocycles. The number of rotatable bonds is 6. The van der Waals surface area contributed by atoms with Gasteiger partial charge in [-0.3, -0.25) is 0 Å². The van der Waals surface area contributed by atoms with Crippen LogP contribution in [0.3, 0.4) is 0 Å². The molecule has 2 N–H and O–H groups in total. The predicted octanol–water partition coefficient (Wildman–Crippen LogP) is 4.82. The Hall–Kier alpha value is -2.55. The van der Waals surface area contributed by atoms with Gasteiger partial charge in [0.25, 0.3) is 0 Å². The fraction of sp³-hybridized carbons (Fsp3) is 0.211. The normalized spacial score (nSPS) is 10.6. The summed E-state index contributed by atoms with van der Waals surface area (Å²) >= 11 is 0. The summed E-state index contributed by atoms with van der Waals surface area (Å²) in [6.45, 7) is 2.18. The highest BCUT2D eigenvalue weighted by Crippen LogP contribution is 2.11. The van der Waals surface area contributed by atoms with E-state index in [4.69, 9.17) is 0 Å². The van der Waals surface area contributed by atoms with E-state index in [1.807, 2.05) is 48.5 Å². The van der Waals surface area contributed by atoms with Crippen molar-refractivity contribution in [3.8, 4) is 0 Å². The maximum absolute atomic E-state index is 11.8. The van der Waals surface area contributed by atoms with E-state index in [9.17, 15) is 4.79 Å². The molecule has 0 aromatic heterocycles. The zero-order valence-corrected chi connectivity index (χ0v) is 12.9. The maximum atomic E-state index is 11.8. The molecule has 2 aromatic rings. The van der Waals surface area contributed by atoms with E-state index in [1.165, 1.54) is 18.4 Å². The van der Waals surface area contributed by atoms with Crippen LogP contribution in [0.25, 0.3) is 6.08 Å². The molecule has 0 aliphatic carbocycles. The molecule has 0 spiro atoms. The van der Waals surface area contributed by atoms with Gasteiger partial charge in [0.1, 0.15) is 0 Å². The highest BCUT2D eigenvalue weighted by molar-refractivity contribution is 5.90. The fourth-order valence-electron chi connectivity index (χ4n) is 2.08. The summed E-state index contributed by atoms with van der Waals surface area (Å²) in [5.41, 5.74) is 3.14. The molecule has 2 rings (SSSR count). The van der Waals surface area contributed by atoms with Crippen molar-refractivity contribution in [2.24, 2.45) is 0 Å². The van der Waals surface area contributed by atoms with Gasteiger partial charge in [0.15, 0.2) is 0 Å². The van der Waals surface area contributed by atoms with Crippen LogP contribution in [0.4, 0.5) is 10.5 Å². The van der Waals surface area contributed by atoms with E-state index >= 15 is 0 Å². The summed E-state index contributed by atoms with van der Waals surface area (Å²) in [7, 11) is 0. The van der Waals surface area contributed by atoms with Gasteiger partial charge in [-0.1, -0.05) is 55.8 Å². The third-order valence-corrected chi connectivity index (χ3v) is 3.32. The number of amides is 2. The first kappa shape index (κ1) is 15.8. The van der Waals surface area contributed by atoms with Crippen molar-refractivity contribution in [1.82, 2.24) is 5.32 Å². The summed E-state index contributed by atoms with van der Waals surface area (Å²) in [5.74, 6) is 0. The van der Waals surface area contributed by atoms with Crippen molar-refractivity contribution >= 4 is 17.8 Å². The van der Waals surface area contributed by atoms with E-state index in [2.05, 4.69) is 29.7 Å². The second-order valence-electron chi connectivity index (χ2n) is 5.14. The van der Waals surface area contributed by atoms with Gasteiger partial charge >= 0.3 is 6.03 Å². The molecule has 114 valence electrons. The van der Waals surface area contributed by atoms with Crippen molar-refractivity contribution in [3.05, 3.63) is 71.9 Å². The van der Waals surface area contributed by atoms with Gasteiger partial charge in [-0.15, -0.1) is 0 Å². The number of benzene rings is 2. The van der Waals surface area contributed by atoms with Crippen LogP contribution in [0.15, 0.2) is 60.8 Å². The summed E-state index contributed by atoms with van der Waals surface area (Å²) in [4.78, 5) is 11.8. The number of carbonyl (C=O) groups is 1. The molecule has 2 aromatic carbocycles. The topological polar surface area (TPSA) is 41.1 Å². The van der Waals surface area contributed by atoms with Crippen molar-refractivity contribution in [2.75, 3.05) is 5.32 Å². The Kier molecular flexibility index (Phi) is 6.24. The van der Waals surface area contributed by atoms with Gasteiger partial charge in [-0.2, -0.15) is 0 Å². The monoisotopic (exact) mass is 294 g/mol. The van der Waals surface area contributed by atoms with Crippen LogP contribution < -0.4 is 10.6 Å². The standard InChI is InChI=1S/C19H22N2O/c1-2-3-7-17-10-12-18(13-11-17)21-19(22)20-15-14-16-8-5-4-6-9-16/h4-6,8-15H,2-3,7H2,1H3,(H2,20,21,22)/b15-14+. The number of hydrogen-bond donors (Lipinski definition) is 2. The second kappa shape index (κ2) is 8.67. The molecule has 0 saturated carbocycles. The van der Waals surface area contributed by atoms with Crippen LogP contribution in [-0.2, 0) is 6.42 Å². The quantitative estimate of drug-likeness (QED) is 0.787. The number of nitrogens with one attached hydrogen (secondary N) is 2. The van der Waals surface area contributed by atoms with E-state index in [0.29, 0.717) is 0 Å². The number of anilines is 1. The molecule has 0 bridgehead atoms. The molecule has 0 saturated heterocycles. The fourth-order valence-corrected chi connectivity index (χ4v) is 2.08. The van der Waals surface area contributed by atoms with Crippen molar-refractivity contribution in [2.45, 2.75) is 26.2 Å². The predicted molar refractivity (Wildman–Crippen MR) is 92.7 cm³/mol. The molecule has 0 heterocycles. The molecule has 0 fully saturated rings. The number of urea groups is 1. The molecule has 3 nitrogen and oxygen atoms in total. The third kappa shape index (κ3) is 5.44. The maximum Gasteiger partial charge on any atom is 0.323 e. The summed E-state index contributed by atoms with van der Waals surface area (Å²) in [6.07, 6.45) is 6.96. The zero-order valence-electron chi connectivity index (χ0n) is 12.9. The van der Waals surface area contributed by atoms with Crippen LogP contribution in [0, 0.1) is 0 Å². The number of carbonyl (C=O) groups excluding carboxylic acids is 1. The Bertz CT molecular complexity index is 603. The molecule has 3 heteroatoms. The minimum atomic E-state index is -0.242. The SMILES string of the molecule is CCCCc1ccc(NC(=O)N/C=C/c2ccccc2)cc1. The van der Waals surface area contributed by atoms with Gasteiger partial charge in [-0.05, 0) is 42.2 Å². The second-order valence-corrected chi connectivity index (χ2v) is 5.14. The van der Waals surface area contributed by atoms with Crippen LogP contribution in [-0.4, -0.2) is 6.03 Å². The van der Waals surface area contributed by atoms with Crippen LogP contribution in [0.2, 0.25) is 0 Å². The minimum absolute atomic E-state index is 0.242. The number of aryl methyl sites for hydroxylation is 1. The van der Waals surface area contributed by atoms with Gasteiger partial charge in [0.05, 0.1) is 0 Å².